The van der Waals surface area contributed by atoms with Crippen LogP contribution in [0.3, 0.4) is 0 Å². The van der Waals surface area contributed by atoms with Gasteiger partial charge in [0, 0.05) is 28.4 Å². The first-order valence-electron chi connectivity index (χ1n) is 26.9. The second-order valence-corrected chi connectivity index (χ2v) is 30.0. The predicted molar refractivity (Wildman–Crippen MR) is 330 cm³/mol. The lowest BCUT2D eigenvalue weighted by atomic mass is 9.90. The van der Waals surface area contributed by atoms with Crippen LogP contribution in [0.5, 0.6) is 34.5 Å². The minimum atomic E-state index is -4.80. The molecule has 0 atom stereocenters. The van der Waals surface area contributed by atoms with Crippen LogP contribution in [0, 0.1) is 23.7 Å². The van der Waals surface area contributed by atoms with Crippen LogP contribution in [0.4, 0.5) is 9.59 Å². The van der Waals surface area contributed by atoms with Crippen LogP contribution in [0.2, 0.25) is 0 Å². The van der Waals surface area contributed by atoms with Gasteiger partial charge in [-0.25, -0.2) is 9.59 Å². The standard InChI is InChI=1S/C48H68N2O30S6.2C2H6O/c1-47(2,3)79-45(53)49-17-7-15-33-39(73-19-9-25-81(55,56)57)35(31-51)43(77-23-13-29-85(67,68)69)37(41(33)75-21-11-27-83(61,62)63)38-42(76-22-12-28-84(64,65)66)34(16-8-18-50-46(54)80-48(4,5)6)40(74-20-10-26-82(58,59)60)36(32-52)44(38)78-24-14-30-86(70,71)72;2*1-3-2/h31-32H,9-14,17-30H2,1-6H3,(H,49,53)(H,50,54)(H,55,56,57)(H,58,59,60)(H,61,62,63)(H,64,65,66)(H,67,68,69)(H,70,71,72);2*1-2H3. The molecule has 526 valence electrons. The molecule has 0 aliphatic rings. The number of carbonyl (C=O) groups excluding carboxylic acids is 4. The van der Waals surface area contributed by atoms with Crippen molar-refractivity contribution in [2.75, 3.05) is 116 Å². The topological polar surface area (TPSA) is 511 Å². The molecule has 0 aliphatic carbocycles. The third-order valence-corrected chi connectivity index (χ3v) is 14.7. The molecule has 92 heavy (non-hydrogen) atoms. The van der Waals surface area contributed by atoms with E-state index >= 15 is 0 Å². The second kappa shape index (κ2) is 40.0. The lowest BCUT2D eigenvalue weighted by Gasteiger charge is -2.28. The summed E-state index contributed by atoms with van der Waals surface area (Å²) < 4.78 is 257. The molecule has 34 nitrogen and oxygen atoms in total. The lowest BCUT2D eigenvalue weighted by molar-refractivity contribution is 0.0523. The largest absolute Gasteiger partial charge is 0.492 e. The van der Waals surface area contributed by atoms with Crippen LogP contribution in [-0.2, 0) is 79.7 Å². The Morgan fingerprint density at radius 3 is 0.793 bits per heavy atom. The van der Waals surface area contributed by atoms with E-state index in [1.165, 1.54) is 41.5 Å². The molecule has 8 N–H and O–H groups in total. The summed E-state index contributed by atoms with van der Waals surface area (Å²) in [6.07, 6.45) is -5.67. The summed E-state index contributed by atoms with van der Waals surface area (Å²) in [5.41, 5.74) is -6.57. The Kier molecular flexibility index (Phi) is 37.2. The number of nitrogens with one attached hydrogen (secondary N) is 2. The van der Waals surface area contributed by atoms with Crippen molar-refractivity contribution in [3.8, 4) is 69.3 Å². The normalized spacial score (nSPS) is 11.9. The molecule has 0 unspecified atom stereocenters. The molecule has 0 saturated carbocycles. The van der Waals surface area contributed by atoms with E-state index in [1.54, 1.807) is 28.4 Å². The van der Waals surface area contributed by atoms with E-state index < -0.39 is 278 Å². The number of ether oxygens (including phenoxy) is 10. The molecule has 0 saturated heterocycles. The Morgan fingerprint density at radius 2 is 0.598 bits per heavy atom. The molecule has 0 fully saturated rings. The summed E-state index contributed by atoms with van der Waals surface area (Å²) in [7, 11) is -22.1. The van der Waals surface area contributed by atoms with Gasteiger partial charge in [-0.2, -0.15) is 50.5 Å². The van der Waals surface area contributed by atoms with Gasteiger partial charge in [-0.1, -0.05) is 23.7 Å². The first-order valence-corrected chi connectivity index (χ1v) is 36.5. The highest BCUT2D eigenvalue weighted by Crippen LogP contribution is 2.57. The Balaban J connectivity index is 0.0000132. The van der Waals surface area contributed by atoms with Crippen LogP contribution >= 0.6 is 0 Å². The fourth-order valence-corrected chi connectivity index (χ4v) is 9.71. The van der Waals surface area contributed by atoms with Gasteiger partial charge in [0.25, 0.3) is 60.7 Å². The van der Waals surface area contributed by atoms with Gasteiger partial charge in [0.1, 0.15) is 45.0 Å². The Bertz CT molecular complexity index is 3380. The average molecular weight is 1440 g/mol. The molecule has 0 aromatic heterocycles. The Labute approximate surface area is 536 Å². The number of alkyl carbamates (subject to hydrolysis) is 2. The van der Waals surface area contributed by atoms with Crippen LogP contribution in [0.1, 0.15) is 112 Å². The monoisotopic (exact) mass is 1440 g/mol. The Hall–Kier alpha value is -6.38. The van der Waals surface area contributed by atoms with Crippen molar-refractivity contribution in [2.45, 2.75) is 91.3 Å². The molecule has 2 aromatic rings. The second-order valence-electron chi connectivity index (χ2n) is 20.6. The van der Waals surface area contributed by atoms with Crippen molar-refractivity contribution in [2.24, 2.45) is 0 Å². The summed E-state index contributed by atoms with van der Waals surface area (Å²) in [5.74, 6) is -0.504. The maximum atomic E-state index is 13.8. The van der Waals surface area contributed by atoms with Crippen LogP contribution < -0.4 is 39.1 Å². The van der Waals surface area contributed by atoms with E-state index in [4.69, 9.17) is 37.9 Å². The van der Waals surface area contributed by atoms with Crippen molar-refractivity contribution in [3.05, 3.63) is 22.3 Å². The average Bonchev–Trinajstić information content (AvgIpc) is 0.731. The van der Waals surface area contributed by atoms with Gasteiger partial charge in [0.2, 0.25) is 0 Å². The first kappa shape index (κ1) is 85.6. The van der Waals surface area contributed by atoms with Crippen molar-refractivity contribution in [1.29, 1.82) is 0 Å². The molecule has 0 spiro atoms. The van der Waals surface area contributed by atoms with Gasteiger partial charge in [-0.3, -0.25) is 36.9 Å². The number of amides is 2. The minimum absolute atomic E-state index is 0.0155. The van der Waals surface area contributed by atoms with Crippen molar-refractivity contribution >= 4 is 85.5 Å². The summed E-state index contributed by atoms with van der Waals surface area (Å²) in [6.45, 7) is 3.03. The van der Waals surface area contributed by atoms with E-state index in [0.29, 0.717) is 0 Å². The van der Waals surface area contributed by atoms with E-state index in [9.17, 15) is 97.0 Å². The maximum absolute atomic E-state index is 13.8. The molecule has 2 aromatic carbocycles. The van der Waals surface area contributed by atoms with E-state index in [0.717, 1.165) is 0 Å². The molecule has 2 amide bonds. The number of methoxy groups -OCH3 is 2. The lowest BCUT2D eigenvalue weighted by Crippen LogP contribution is -2.32. The van der Waals surface area contributed by atoms with Crippen molar-refractivity contribution in [1.82, 2.24) is 10.6 Å². The molecule has 40 heteroatoms. The fraction of sp³-hybridized carbons (Fsp3) is 0.615. The van der Waals surface area contributed by atoms with Gasteiger partial charge in [-0.05, 0) is 80.1 Å². The molecule has 2 rings (SSSR count). The zero-order valence-electron chi connectivity index (χ0n) is 52.0. The smallest absolute Gasteiger partial charge is 0.408 e. The maximum Gasteiger partial charge on any atom is 0.408 e. The number of rotatable bonds is 35. The molecule has 0 radical (unpaired) electrons. The highest BCUT2D eigenvalue weighted by Gasteiger charge is 2.37. The van der Waals surface area contributed by atoms with E-state index in [-0.39, 0.29) is 12.6 Å². The number of aldehydes is 2. The number of carbonyl (C=O) groups is 4. The molecular weight excluding hydrogens is 1360 g/mol. The highest BCUT2D eigenvalue weighted by molar-refractivity contribution is 7.86. The van der Waals surface area contributed by atoms with Crippen LogP contribution in [0.25, 0.3) is 11.1 Å². The summed E-state index contributed by atoms with van der Waals surface area (Å²) >= 11 is 0. The number of hydrogen-bond acceptors (Lipinski definition) is 26. The third-order valence-electron chi connectivity index (χ3n) is 9.91. The molecular formula is C52H80N2O32S6. The molecule has 0 bridgehead atoms. The van der Waals surface area contributed by atoms with Crippen LogP contribution in [0.15, 0.2) is 0 Å². The first-order chi connectivity index (χ1) is 42.3. The summed E-state index contributed by atoms with van der Waals surface area (Å²) in [6, 6.07) is 0. The zero-order valence-corrected chi connectivity index (χ0v) is 56.9. The summed E-state index contributed by atoms with van der Waals surface area (Å²) in [4.78, 5) is 53.2. The van der Waals surface area contributed by atoms with Gasteiger partial charge in [0.05, 0.1) is 98.4 Å². The van der Waals surface area contributed by atoms with Crippen molar-refractivity contribution < 1.29 is 144 Å². The summed E-state index contributed by atoms with van der Waals surface area (Å²) in [5, 5.41) is 4.67. The van der Waals surface area contributed by atoms with Gasteiger partial charge < -0.3 is 58.0 Å². The fourth-order valence-electron chi connectivity index (χ4n) is 6.81. The third kappa shape index (κ3) is 38.6. The van der Waals surface area contributed by atoms with E-state index in [2.05, 4.69) is 43.8 Å². The Morgan fingerprint density at radius 1 is 0.391 bits per heavy atom. The van der Waals surface area contributed by atoms with E-state index in [1.807, 2.05) is 0 Å². The van der Waals surface area contributed by atoms with Gasteiger partial charge >= 0.3 is 12.2 Å². The number of benzene rings is 2. The zero-order chi connectivity index (χ0) is 71.0. The minimum Gasteiger partial charge on any atom is -0.492 e. The SMILES string of the molecule is CC(C)(C)OC(=O)NCC#Cc1c(OCCCS(=O)(=O)O)c(C=O)c(OCCCS(=O)(=O)O)c(-c2c(OCCCS(=O)(=O)O)c(C#CCNC(=O)OC(C)(C)C)c(OCCCS(=O)(=O)O)c(C=O)c2OCCCS(=O)(=O)O)c1OCCCS(=O)(=O)O.COC.COC. The molecule has 0 heterocycles. The quantitative estimate of drug-likeness (QED) is 0.0212. The van der Waals surface area contributed by atoms with Gasteiger partial charge in [0.15, 0.2) is 35.6 Å². The van der Waals surface area contributed by atoms with Crippen molar-refractivity contribution in [3.63, 3.8) is 0 Å². The predicted octanol–water partition coefficient (Wildman–Crippen LogP) is 3.20. The van der Waals surface area contributed by atoms with Crippen LogP contribution in [-0.4, -0.2) is 229 Å². The highest BCUT2D eigenvalue weighted by atomic mass is 32.2. The molecule has 0 aliphatic heterocycles. The number of hydrogen-bond donors (Lipinski definition) is 8. The van der Waals surface area contributed by atoms with Gasteiger partial charge in [-0.15, -0.1) is 0 Å².